The van der Waals surface area contributed by atoms with E-state index in [9.17, 15) is 18.1 Å². The minimum atomic E-state index is -3.51. The van der Waals surface area contributed by atoms with Crippen LogP contribution in [0.1, 0.15) is 41.3 Å². The SMILES string of the molecule is CCn1cc2c3c(cc(C(=O)N[C@@H](Cc4ccccc4)[C@@H](CNCC4CC4)N=O)cc31)N(C)S(=O)(=O)CC2. The fourth-order valence-electron chi connectivity index (χ4n) is 5.26. The Morgan fingerprint density at radius 1 is 1.18 bits per heavy atom. The number of benzene rings is 2. The van der Waals surface area contributed by atoms with Crippen LogP contribution in [-0.4, -0.2) is 56.9 Å². The van der Waals surface area contributed by atoms with Crippen LogP contribution < -0.4 is 14.9 Å². The van der Waals surface area contributed by atoms with Gasteiger partial charge in [0.2, 0.25) is 10.0 Å². The van der Waals surface area contributed by atoms with Crippen LogP contribution in [0.25, 0.3) is 10.9 Å². The van der Waals surface area contributed by atoms with Crippen molar-refractivity contribution in [2.75, 3.05) is 30.2 Å². The van der Waals surface area contributed by atoms with Crippen molar-refractivity contribution in [3.63, 3.8) is 0 Å². The predicted octanol–water partition coefficient (Wildman–Crippen LogP) is 3.46. The van der Waals surface area contributed by atoms with E-state index in [1.807, 2.05) is 49.5 Å². The standard InChI is InChI=1S/C28H35N5O4S/c1-3-33-18-21-11-12-38(36,37)32(2)25-14-22(15-26(33)27(21)25)28(34)30-23(13-19-7-5-4-6-8-19)24(31-35)17-29-16-20-9-10-20/h4-8,14-15,18,20,23-24,29H,3,9-13,16-17H2,1-2H3,(H,30,34)/t23-,24+/m0/s1. The van der Waals surface area contributed by atoms with E-state index in [1.165, 1.54) is 17.1 Å². The number of sulfonamides is 1. The quantitative estimate of drug-likeness (QED) is 0.364. The summed E-state index contributed by atoms with van der Waals surface area (Å²) in [6.07, 6.45) is 5.26. The molecule has 10 heteroatoms. The third-order valence-corrected chi connectivity index (χ3v) is 9.48. The Balaban J connectivity index is 1.47. The summed E-state index contributed by atoms with van der Waals surface area (Å²) in [5.41, 5.74) is 3.63. The van der Waals surface area contributed by atoms with Gasteiger partial charge in [-0.1, -0.05) is 35.5 Å². The van der Waals surface area contributed by atoms with Gasteiger partial charge in [0.15, 0.2) is 0 Å². The van der Waals surface area contributed by atoms with Gasteiger partial charge in [0.1, 0.15) is 6.04 Å². The normalized spacial score (nSPS) is 18.1. The van der Waals surface area contributed by atoms with Crippen LogP contribution in [0.2, 0.25) is 0 Å². The third-order valence-electron chi connectivity index (χ3n) is 7.73. The van der Waals surface area contributed by atoms with Gasteiger partial charge < -0.3 is 15.2 Å². The summed E-state index contributed by atoms with van der Waals surface area (Å²) < 4.78 is 29.1. The molecule has 2 N–H and O–H groups in total. The van der Waals surface area contributed by atoms with Crippen molar-refractivity contribution in [2.24, 2.45) is 11.1 Å². The minimum Gasteiger partial charge on any atom is -0.347 e. The Morgan fingerprint density at radius 3 is 2.63 bits per heavy atom. The maximum atomic E-state index is 13.7. The molecule has 0 radical (unpaired) electrons. The zero-order valence-electron chi connectivity index (χ0n) is 21.9. The predicted molar refractivity (Wildman–Crippen MR) is 150 cm³/mol. The van der Waals surface area contributed by atoms with Gasteiger partial charge in [0.25, 0.3) is 5.91 Å². The number of carbonyl (C=O) groups is 1. The lowest BCUT2D eigenvalue weighted by Gasteiger charge is -2.25. The Morgan fingerprint density at radius 2 is 1.95 bits per heavy atom. The monoisotopic (exact) mass is 537 g/mol. The molecule has 2 aromatic carbocycles. The molecule has 1 aliphatic carbocycles. The molecule has 1 fully saturated rings. The summed E-state index contributed by atoms with van der Waals surface area (Å²) in [7, 11) is -1.97. The van der Waals surface area contributed by atoms with Crippen molar-refractivity contribution in [1.29, 1.82) is 0 Å². The van der Waals surface area contributed by atoms with Crippen LogP contribution >= 0.6 is 0 Å². The first kappa shape index (κ1) is 26.4. The van der Waals surface area contributed by atoms with E-state index in [1.54, 1.807) is 13.1 Å². The maximum absolute atomic E-state index is 13.7. The molecule has 1 saturated carbocycles. The second kappa shape index (κ2) is 10.9. The number of hydrogen-bond acceptors (Lipinski definition) is 6. The molecule has 2 heterocycles. The number of amides is 1. The van der Waals surface area contributed by atoms with Crippen LogP contribution in [0.4, 0.5) is 5.69 Å². The van der Waals surface area contributed by atoms with Gasteiger partial charge in [0.05, 0.1) is 23.0 Å². The highest BCUT2D eigenvalue weighted by molar-refractivity contribution is 7.92. The summed E-state index contributed by atoms with van der Waals surface area (Å²) in [6.45, 7) is 3.94. The van der Waals surface area contributed by atoms with Gasteiger partial charge in [-0.15, -0.1) is 0 Å². The number of nitrogens with one attached hydrogen (secondary N) is 2. The Labute approximate surface area is 223 Å². The average Bonchev–Trinajstić information content (AvgIpc) is 3.69. The van der Waals surface area contributed by atoms with Gasteiger partial charge in [-0.05, 0) is 68.3 Å². The van der Waals surface area contributed by atoms with Crippen molar-refractivity contribution >= 4 is 32.5 Å². The molecule has 1 aromatic heterocycles. The fraction of sp³-hybridized carbons (Fsp3) is 0.464. The molecule has 2 atom stereocenters. The molecule has 5 rings (SSSR count). The summed E-state index contributed by atoms with van der Waals surface area (Å²) in [5, 5.41) is 10.7. The zero-order valence-corrected chi connectivity index (χ0v) is 22.7. The highest BCUT2D eigenvalue weighted by Crippen LogP contribution is 2.37. The second-order valence-corrected chi connectivity index (χ2v) is 12.5. The van der Waals surface area contributed by atoms with Crippen LogP contribution in [0.3, 0.4) is 0 Å². The first-order valence-corrected chi connectivity index (χ1v) is 14.9. The molecule has 3 aromatic rings. The molecule has 0 saturated heterocycles. The summed E-state index contributed by atoms with van der Waals surface area (Å²) in [4.78, 5) is 25.6. The number of nitrogens with zero attached hydrogens (tertiary/aromatic N) is 3. The highest BCUT2D eigenvalue weighted by Gasteiger charge is 2.30. The smallest absolute Gasteiger partial charge is 0.251 e. The molecule has 0 bridgehead atoms. The molecule has 1 amide bonds. The minimum absolute atomic E-state index is 0.0161. The number of aromatic nitrogens is 1. The topological polar surface area (TPSA) is 113 Å². The first-order chi connectivity index (χ1) is 18.3. The van der Waals surface area contributed by atoms with Gasteiger partial charge in [-0.2, -0.15) is 4.91 Å². The Hall–Kier alpha value is -3.24. The maximum Gasteiger partial charge on any atom is 0.251 e. The van der Waals surface area contributed by atoms with E-state index in [2.05, 4.69) is 20.4 Å². The molecule has 38 heavy (non-hydrogen) atoms. The van der Waals surface area contributed by atoms with E-state index in [4.69, 9.17) is 0 Å². The Kier molecular flexibility index (Phi) is 7.54. The molecular formula is C28H35N5O4S. The molecule has 2 aliphatic rings. The van der Waals surface area contributed by atoms with Gasteiger partial charge in [-0.3, -0.25) is 9.10 Å². The molecule has 0 spiro atoms. The number of aryl methyl sites for hydroxylation is 2. The number of anilines is 1. The van der Waals surface area contributed by atoms with Crippen LogP contribution in [0.5, 0.6) is 0 Å². The van der Waals surface area contributed by atoms with E-state index in [0.717, 1.165) is 28.6 Å². The van der Waals surface area contributed by atoms with Gasteiger partial charge >= 0.3 is 0 Å². The second-order valence-electron chi connectivity index (χ2n) is 10.4. The third kappa shape index (κ3) is 5.47. The fourth-order valence-corrected chi connectivity index (χ4v) is 6.45. The molecular weight excluding hydrogens is 502 g/mol. The zero-order chi connectivity index (χ0) is 26.9. The average molecular weight is 538 g/mol. The largest absolute Gasteiger partial charge is 0.347 e. The van der Waals surface area contributed by atoms with Gasteiger partial charge in [-0.25, -0.2) is 8.42 Å². The van der Waals surface area contributed by atoms with E-state index >= 15 is 0 Å². The lowest BCUT2D eigenvalue weighted by molar-refractivity contribution is 0.0930. The first-order valence-electron chi connectivity index (χ1n) is 13.3. The number of hydrogen-bond donors (Lipinski definition) is 2. The van der Waals surface area contributed by atoms with Crippen LogP contribution in [0.15, 0.2) is 53.8 Å². The van der Waals surface area contributed by atoms with Gasteiger partial charge in [0, 0.05) is 37.3 Å². The highest BCUT2D eigenvalue weighted by atomic mass is 32.2. The van der Waals surface area contributed by atoms with E-state index in [-0.39, 0.29) is 11.7 Å². The molecule has 202 valence electrons. The van der Waals surface area contributed by atoms with E-state index in [0.29, 0.717) is 43.1 Å². The van der Waals surface area contributed by atoms with Crippen molar-refractivity contribution in [3.8, 4) is 0 Å². The number of carbonyl (C=O) groups excluding carboxylic acids is 1. The van der Waals surface area contributed by atoms with E-state index < -0.39 is 22.1 Å². The lowest BCUT2D eigenvalue weighted by Crippen LogP contribution is -2.48. The molecule has 9 nitrogen and oxygen atoms in total. The Bertz CT molecular complexity index is 1430. The molecule has 1 aliphatic heterocycles. The summed E-state index contributed by atoms with van der Waals surface area (Å²) >= 11 is 0. The van der Waals surface area contributed by atoms with Crippen molar-refractivity contribution in [2.45, 2.75) is 51.2 Å². The van der Waals surface area contributed by atoms with Crippen molar-refractivity contribution < 1.29 is 13.2 Å². The van der Waals surface area contributed by atoms with Crippen LogP contribution in [0, 0.1) is 10.8 Å². The van der Waals surface area contributed by atoms with Crippen molar-refractivity contribution in [1.82, 2.24) is 15.2 Å². The lowest BCUT2D eigenvalue weighted by atomic mass is 9.98. The molecule has 0 unspecified atom stereocenters. The van der Waals surface area contributed by atoms with Crippen LogP contribution in [-0.2, 0) is 29.4 Å². The summed E-state index contributed by atoms with van der Waals surface area (Å²) in [6, 6.07) is 12.0. The van der Waals surface area contributed by atoms with Crippen molar-refractivity contribution in [3.05, 3.63) is 70.3 Å². The number of nitroso groups, excluding NO2 is 1. The summed E-state index contributed by atoms with van der Waals surface area (Å²) in [5.74, 6) is 0.313. The number of rotatable bonds is 11.